The minimum Gasteiger partial charge on any atom is -0.409 e. The molecule has 0 aliphatic rings. The van der Waals surface area contributed by atoms with Gasteiger partial charge in [0.05, 0.1) is 4.90 Å². The summed E-state index contributed by atoms with van der Waals surface area (Å²) in [6.45, 7) is 0.126. The average molecular weight is 292 g/mol. The van der Waals surface area contributed by atoms with Gasteiger partial charge in [-0.25, -0.2) is 12.7 Å². The van der Waals surface area contributed by atoms with Gasteiger partial charge in [0.25, 0.3) is 0 Å². The van der Waals surface area contributed by atoms with Crippen molar-refractivity contribution in [3.63, 3.8) is 0 Å². The van der Waals surface area contributed by atoms with Gasteiger partial charge in [0.15, 0.2) is 0 Å². The smallest absolute Gasteiger partial charge is 0.242 e. The highest BCUT2D eigenvalue weighted by molar-refractivity contribution is 7.89. The predicted molar refractivity (Wildman–Crippen MR) is 69.3 cm³/mol. The van der Waals surface area contributed by atoms with Gasteiger partial charge in [0, 0.05) is 25.0 Å². The van der Waals surface area contributed by atoms with Gasteiger partial charge in [-0.2, -0.15) is 0 Å². The Morgan fingerprint density at radius 1 is 1.44 bits per heavy atom. The molecule has 0 bridgehead atoms. The van der Waals surface area contributed by atoms with Gasteiger partial charge in [0.2, 0.25) is 10.0 Å². The summed E-state index contributed by atoms with van der Waals surface area (Å²) in [6, 6.07) is 5.87. The van der Waals surface area contributed by atoms with Crippen molar-refractivity contribution in [1.29, 1.82) is 0 Å². The highest BCUT2D eigenvalue weighted by Crippen LogP contribution is 2.17. The summed E-state index contributed by atoms with van der Waals surface area (Å²) in [4.78, 5) is 0.147. The van der Waals surface area contributed by atoms with E-state index in [0.717, 1.165) is 4.31 Å². The highest BCUT2D eigenvalue weighted by Gasteiger charge is 2.20. The second-order valence-electron chi connectivity index (χ2n) is 3.62. The van der Waals surface area contributed by atoms with E-state index in [0.29, 0.717) is 5.02 Å². The monoisotopic (exact) mass is 291 g/mol. The molecule has 0 atom stereocenters. The van der Waals surface area contributed by atoms with Crippen molar-refractivity contribution in [3.8, 4) is 0 Å². The maximum Gasteiger partial charge on any atom is 0.242 e. The van der Waals surface area contributed by atoms with E-state index in [1.807, 2.05) is 0 Å². The van der Waals surface area contributed by atoms with Crippen LogP contribution >= 0.6 is 11.6 Å². The van der Waals surface area contributed by atoms with Gasteiger partial charge in [-0.3, -0.25) is 0 Å². The predicted octanol–water partition coefficient (Wildman–Crippen LogP) is 1.10. The Bertz CT molecular complexity index is 528. The van der Waals surface area contributed by atoms with Crippen LogP contribution in [0, 0.1) is 0 Å². The highest BCUT2D eigenvalue weighted by atomic mass is 35.5. The molecule has 0 amide bonds. The van der Waals surface area contributed by atoms with Gasteiger partial charge in [-0.1, -0.05) is 16.8 Å². The molecule has 3 N–H and O–H groups in total. The van der Waals surface area contributed by atoms with Crippen LogP contribution in [0.25, 0.3) is 0 Å². The molecule has 0 unspecified atom stereocenters. The second-order valence-corrected chi connectivity index (χ2v) is 6.10. The fraction of sp³-hybridized carbons (Fsp3) is 0.300. The minimum absolute atomic E-state index is 0.0202. The molecule has 18 heavy (non-hydrogen) atoms. The summed E-state index contributed by atoms with van der Waals surface area (Å²) in [5, 5.41) is 11.6. The van der Waals surface area contributed by atoms with E-state index in [1.54, 1.807) is 0 Å². The van der Waals surface area contributed by atoms with Crippen LogP contribution in [0.15, 0.2) is 34.3 Å². The van der Waals surface area contributed by atoms with E-state index in [9.17, 15) is 8.42 Å². The van der Waals surface area contributed by atoms with Crippen molar-refractivity contribution >= 4 is 27.5 Å². The molecule has 1 aromatic carbocycles. The topological polar surface area (TPSA) is 96.0 Å². The molecule has 0 fully saturated rings. The van der Waals surface area contributed by atoms with Crippen molar-refractivity contribution in [3.05, 3.63) is 29.3 Å². The first-order valence-corrected chi connectivity index (χ1v) is 6.88. The molecule has 0 saturated carbocycles. The zero-order chi connectivity index (χ0) is 13.8. The zero-order valence-electron chi connectivity index (χ0n) is 9.75. The van der Waals surface area contributed by atoms with Crippen molar-refractivity contribution in [1.82, 2.24) is 4.31 Å². The fourth-order valence-corrected chi connectivity index (χ4v) is 2.53. The van der Waals surface area contributed by atoms with Crippen molar-refractivity contribution in [2.24, 2.45) is 10.9 Å². The van der Waals surface area contributed by atoms with Gasteiger partial charge in [-0.05, 0) is 24.3 Å². The molecule has 100 valence electrons. The molecule has 1 rings (SSSR count). The summed E-state index contributed by atoms with van der Waals surface area (Å²) in [7, 11) is -2.15. The van der Waals surface area contributed by atoms with Crippen LogP contribution in [0.5, 0.6) is 0 Å². The van der Waals surface area contributed by atoms with Gasteiger partial charge in [-0.15, -0.1) is 0 Å². The normalized spacial score (nSPS) is 12.9. The number of halogens is 1. The fourth-order valence-electron chi connectivity index (χ4n) is 1.23. The molecule has 1 aromatic rings. The first-order valence-electron chi connectivity index (χ1n) is 5.06. The molecule has 0 spiro atoms. The van der Waals surface area contributed by atoms with Crippen LogP contribution in [-0.2, 0) is 10.0 Å². The van der Waals surface area contributed by atoms with Crippen LogP contribution < -0.4 is 5.73 Å². The van der Waals surface area contributed by atoms with E-state index >= 15 is 0 Å². The van der Waals surface area contributed by atoms with E-state index in [-0.39, 0.29) is 23.7 Å². The Kier molecular flexibility index (Phi) is 4.94. The van der Waals surface area contributed by atoms with E-state index in [4.69, 9.17) is 22.5 Å². The lowest BCUT2D eigenvalue weighted by molar-refractivity contribution is 0.316. The van der Waals surface area contributed by atoms with Crippen LogP contribution in [0.1, 0.15) is 6.42 Å². The van der Waals surface area contributed by atoms with E-state index in [1.165, 1.54) is 31.3 Å². The Morgan fingerprint density at radius 2 is 2.00 bits per heavy atom. The van der Waals surface area contributed by atoms with Crippen molar-refractivity contribution in [2.75, 3.05) is 13.6 Å². The number of benzene rings is 1. The molecule has 6 nitrogen and oxygen atoms in total. The molecule has 0 radical (unpaired) electrons. The molecular formula is C10H14ClN3O3S. The maximum absolute atomic E-state index is 12.1. The number of sulfonamides is 1. The molecule has 0 aliphatic carbocycles. The third-order valence-electron chi connectivity index (χ3n) is 2.33. The van der Waals surface area contributed by atoms with Crippen molar-refractivity contribution in [2.45, 2.75) is 11.3 Å². The number of oxime groups is 1. The van der Waals surface area contributed by atoms with Gasteiger partial charge < -0.3 is 10.9 Å². The summed E-state index contributed by atoms with van der Waals surface area (Å²) in [6.07, 6.45) is 0.153. The van der Waals surface area contributed by atoms with Gasteiger partial charge in [0.1, 0.15) is 5.84 Å². The van der Waals surface area contributed by atoms with E-state index in [2.05, 4.69) is 5.16 Å². The SMILES string of the molecule is CN(CC/C(N)=N/O)S(=O)(=O)c1ccc(Cl)cc1. The third kappa shape index (κ3) is 3.59. The number of nitrogens with two attached hydrogens (primary N) is 1. The summed E-state index contributed by atoms with van der Waals surface area (Å²) in [5.41, 5.74) is 5.28. The Hall–Kier alpha value is -1.31. The van der Waals surface area contributed by atoms with Crippen LogP contribution in [-0.4, -0.2) is 37.4 Å². The largest absolute Gasteiger partial charge is 0.409 e. The Labute approximate surface area is 111 Å². The lowest BCUT2D eigenvalue weighted by Gasteiger charge is -2.16. The number of amidine groups is 1. The second kappa shape index (κ2) is 6.03. The summed E-state index contributed by atoms with van der Waals surface area (Å²) >= 11 is 5.69. The van der Waals surface area contributed by atoms with Crippen molar-refractivity contribution < 1.29 is 13.6 Å². The van der Waals surface area contributed by atoms with Crippen LogP contribution in [0.3, 0.4) is 0 Å². The standard InChI is InChI=1S/C10H14ClN3O3S/c1-14(7-6-10(12)13-15)18(16,17)9-4-2-8(11)3-5-9/h2-5,15H,6-7H2,1H3,(H2,12,13). The number of nitrogens with zero attached hydrogens (tertiary/aromatic N) is 2. The molecule has 0 heterocycles. The van der Waals surface area contributed by atoms with Crippen LogP contribution in [0.2, 0.25) is 5.02 Å². The Balaban J connectivity index is 2.83. The lowest BCUT2D eigenvalue weighted by Crippen LogP contribution is -2.30. The number of hydrogen-bond donors (Lipinski definition) is 2. The van der Waals surface area contributed by atoms with E-state index < -0.39 is 10.0 Å². The molecule has 0 saturated heterocycles. The molecule has 0 aromatic heterocycles. The third-order valence-corrected chi connectivity index (χ3v) is 4.46. The Morgan fingerprint density at radius 3 is 2.50 bits per heavy atom. The first kappa shape index (κ1) is 14.7. The quantitative estimate of drug-likeness (QED) is 0.367. The summed E-state index contributed by atoms with van der Waals surface area (Å²) < 4.78 is 25.3. The average Bonchev–Trinajstić information content (AvgIpc) is 2.35. The molecular weight excluding hydrogens is 278 g/mol. The number of hydrogen-bond acceptors (Lipinski definition) is 4. The van der Waals surface area contributed by atoms with Crippen LogP contribution in [0.4, 0.5) is 0 Å². The lowest BCUT2D eigenvalue weighted by atomic mass is 10.4. The molecule has 0 aliphatic heterocycles. The summed E-state index contributed by atoms with van der Waals surface area (Å²) in [5.74, 6) is -0.0202. The minimum atomic E-state index is -3.58. The first-order chi connectivity index (χ1) is 8.37. The zero-order valence-corrected chi connectivity index (χ0v) is 11.3. The number of rotatable bonds is 5. The molecule has 8 heteroatoms. The van der Waals surface area contributed by atoms with Gasteiger partial charge >= 0.3 is 0 Å². The maximum atomic E-state index is 12.1.